The summed E-state index contributed by atoms with van der Waals surface area (Å²) >= 11 is 4.88. The lowest BCUT2D eigenvalue weighted by molar-refractivity contribution is 0.266. The Morgan fingerprint density at radius 2 is 2.06 bits per heavy atom. The molecule has 18 heavy (non-hydrogen) atoms. The van der Waals surface area contributed by atoms with Gasteiger partial charge in [0.1, 0.15) is 4.99 Å². The molecule has 0 heterocycles. The van der Waals surface area contributed by atoms with E-state index in [1.165, 1.54) is 7.05 Å². The molecule has 100 valence electrons. The van der Waals surface area contributed by atoms with E-state index in [2.05, 4.69) is 0 Å². The SMILES string of the molecule is CN(CCO)S(=O)(=O)Cc1ccccc1C(N)=S. The van der Waals surface area contributed by atoms with Crippen LogP contribution in [0.1, 0.15) is 11.1 Å². The van der Waals surface area contributed by atoms with Gasteiger partial charge in [-0.3, -0.25) is 0 Å². The maximum atomic E-state index is 12.0. The molecule has 0 fully saturated rings. The third-order valence-electron chi connectivity index (χ3n) is 2.51. The Morgan fingerprint density at radius 1 is 1.44 bits per heavy atom. The van der Waals surface area contributed by atoms with Crippen LogP contribution in [0.2, 0.25) is 0 Å². The van der Waals surface area contributed by atoms with Gasteiger partial charge >= 0.3 is 0 Å². The van der Waals surface area contributed by atoms with E-state index in [1.807, 2.05) is 0 Å². The van der Waals surface area contributed by atoms with Gasteiger partial charge in [-0.25, -0.2) is 12.7 Å². The van der Waals surface area contributed by atoms with Crippen molar-refractivity contribution in [3.63, 3.8) is 0 Å². The number of hydrogen-bond donors (Lipinski definition) is 2. The highest BCUT2D eigenvalue weighted by Gasteiger charge is 2.19. The predicted molar refractivity (Wildman–Crippen MR) is 74.7 cm³/mol. The second-order valence-electron chi connectivity index (χ2n) is 3.82. The Bertz CT molecular complexity index is 529. The topological polar surface area (TPSA) is 83.6 Å². The molecule has 0 radical (unpaired) electrons. The van der Waals surface area contributed by atoms with E-state index in [0.717, 1.165) is 4.31 Å². The molecule has 0 saturated heterocycles. The summed E-state index contributed by atoms with van der Waals surface area (Å²) in [5, 5.41) is 8.76. The first-order valence-electron chi connectivity index (χ1n) is 5.31. The summed E-state index contributed by atoms with van der Waals surface area (Å²) in [6.07, 6.45) is 0. The molecule has 0 saturated carbocycles. The summed E-state index contributed by atoms with van der Waals surface area (Å²) < 4.78 is 25.1. The van der Waals surface area contributed by atoms with E-state index in [0.29, 0.717) is 11.1 Å². The number of aliphatic hydroxyl groups excluding tert-OH is 1. The molecule has 0 atom stereocenters. The maximum Gasteiger partial charge on any atom is 0.218 e. The van der Waals surface area contributed by atoms with Gasteiger partial charge < -0.3 is 10.8 Å². The number of benzene rings is 1. The van der Waals surface area contributed by atoms with E-state index in [1.54, 1.807) is 24.3 Å². The summed E-state index contributed by atoms with van der Waals surface area (Å²) in [5.41, 5.74) is 6.68. The van der Waals surface area contributed by atoms with Crippen molar-refractivity contribution >= 4 is 27.2 Å². The number of thiocarbonyl (C=S) groups is 1. The van der Waals surface area contributed by atoms with Gasteiger partial charge in [-0.2, -0.15) is 0 Å². The maximum absolute atomic E-state index is 12.0. The van der Waals surface area contributed by atoms with Crippen molar-refractivity contribution in [2.75, 3.05) is 20.2 Å². The third kappa shape index (κ3) is 3.74. The van der Waals surface area contributed by atoms with Crippen LogP contribution in [0.4, 0.5) is 0 Å². The lowest BCUT2D eigenvalue weighted by atomic mass is 10.1. The molecule has 0 aliphatic carbocycles. The molecule has 0 aliphatic rings. The molecule has 1 rings (SSSR count). The Morgan fingerprint density at radius 3 is 2.61 bits per heavy atom. The average molecular weight is 288 g/mol. The van der Waals surface area contributed by atoms with Crippen LogP contribution in [0.15, 0.2) is 24.3 Å². The zero-order valence-corrected chi connectivity index (χ0v) is 11.7. The second kappa shape index (κ2) is 6.24. The average Bonchev–Trinajstić information content (AvgIpc) is 2.29. The van der Waals surface area contributed by atoms with Gasteiger partial charge in [0.05, 0.1) is 12.4 Å². The van der Waals surface area contributed by atoms with Crippen molar-refractivity contribution in [2.24, 2.45) is 5.73 Å². The fourth-order valence-corrected chi connectivity index (χ4v) is 2.90. The van der Waals surface area contributed by atoms with Crippen molar-refractivity contribution in [3.8, 4) is 0 Å². The molecule has 3 N–H and O–H groups in total. The van der Waals surface area contributed by atoms with Crippen molar-refractivity contribution in [2.45, 2.75) is 5.75 Å². The highest BCUT2D eigenvalue weighted by Crippen LogP contribution is 2.14. The van der Waals surface area contributed by atoms with Crippen LogP contribution >= 0.6 is 12.2 Å². The van der Waals surface area contributed by atoms with Crippen molar-refractivity contribution in [1.29, 1.82) is 0 Å². The second-order valence-corrected chi connectivity index (χ2v) is 6.34. The first kappa shape index (κ1) is 15.0. The van der Waals surface area contributed by atoms with Crippen LogP contribution in [0.5, 0.6) is 0 Å². The Balaban J connectivity index is 3.01. The van der Waals surface area contributed by atoms with Gasteiger partial charge in [0.25, 0.3) is 0 Å². The summed E-state index contributed by atoms with van der Waals surface area (Å²) in [5.74, 6) is -0.184. The van der Waals surface area contributed by atoms with Crippen molar-refractivity contribution in [3.05, 3.63) is 35.4 Å². The van der Waals surface area contributed by atoms with Crippen LogP contribution in [-0.2, 0) is 15.8 Å². The standard InChI is InChI=1S/C11H16N2O3S2/c1-13(6-7-14)18(15,16)8-9-4-2-3-5-10(9)11(12)17/h2-5,14H,6-8H2,1H3,(H2,12,17). The number of nitrogens with two attached hydrogens (primary N) is 1. The number of rotatable bonds is 6. The number of nitrogens with zero attached hydrogens (tertiary/aromatic N) is 1. The minimum Gasteiger partial charge on any atom is -0.395 e. The number of hydrogen-bond acceptors (Lipinski definition) is 4. The van der Waals surface area contributed by atoms with Crippen molar-refractivity contribution in [1.82, 2.24) is 4.31 Å². The molecule has 0 amide bonds. The zero-order valence-electron chi connectivity index (χ0n) is 10.0. The summed E-state index contributed by atoms with van der Waals surface area (Å²) in [6, 6.07) is 6.86. The van der Waals surface area contributed by atoms with E-state index in [-0.39, 0.29) is 23.9 Å². The molecule has 0 bridgehead atoms. The third-order valence-corrected chi connectivity index (χ3v) is 4.54. The largest absolute Gasteiger partial charge is 0.395 e. The molecule has 0 spiro atoms. The summed E-state index contributed by atoms with van der Waals surface area (Å²) in [4.78, 5) is 0.172. The molecule has 1 aromatic rings. The molecule has 0 unspecified atom stereocenters. The normalized spacial score (nSPS) is 11.7. The number of sulfonamides is 1. The first-order chi connectivity index (χ1) is 8.38. The minimum atomic E-state index is -3.47. The van der Waals surface area contributed by atoms with Crippen LogP contribution in [-0.4, -0.2) is 43.0 Å². The van der Waals surface area contributed by atoms with Gasteiger partial charge in [0.2, 0.25) is 10.0 Å². The van der Waals surface area contributed by atoms with Crippen LogP contribution < -0.4 is 5.73 Å². The highest BCUT2D eigenvalue weighted by atomic mass is 32.2. The molecule has 0 aromatic heterocycles. The molecule has 7 heteroatoms. The van der Waals surface area contributed by atoms with Crippen LogP contribution in [0.25, 0.3) is 0 Å². The van der Waals surface area contributed by atoms with Gasteiger partial charge in [-0.1, -0.05) is 36.5 Å². The Labute approximate surface area is 112 Å². The van der Waals surface area contributed by atoms with E-state index >= 15 is 0 Å². The van der Waals surface area contributed by atoms with Gasteiger partial charge in [-0.05, 0) is 5.56 Å². The first-order valence-corrected chi connectivity index (χ1v) is 7.33. The predicted octanol–water partition coefficient (Wildman–Crippen LogP) is 0.0747. The van der Waals surface area contributed by atoms with Crippen LogP contribution in [0, 0.1) is 0 Å². The molecule has 1 aromatic carbocycles. The molecule has 0 aliphatic heterocycles. The summed E-state index contributed by atoms with van der Waals surface area (Å²) in [7, 11) is -2.05. The zero-order chi connectivity index (χ0) is 13.8. The molecular weight excluding hydrogens is 272 g/mol. The quantitative estimate of drug-likeness (QED) is 0.724. The monoisotopic (exact) mass is 288 g/mol. The van der Waals surface area contributed by atoms with E-state index in [4.69, 9.17) is 23.1 Å². The van der Waals surface area contributed by atoms with Gasteiger partial charge in [0, 0.05) is 19.2 Å². The van der Waals surface area contributed by atoms with Crippen molar-refractivity contribution < 1.29 is 13.5 Å². The van der Waals surface area contributed by atoms with Gasteiger partial charge in [-0.15, -0.1) is 0 Å². The lowest BCUT2D eigenvalue weighted by Gasteiger charge is -2.17. The minimum absolute atomic E-state index is 0.0670. The highest BCUT2D eigenvalue weighted by molar-refractivity contribution is 7.88. The molecule has 5 nitrogen and oxygen atoms in total. The number of aliphatic hydroxyl groups is 1. The fourth-order valence-electron chi connectivity index (χ4n) is 1.47. The van der Waals surface area contributed by atoms with Gasteiger partial charge in [0.15, 0.2) is 0 Å². The Kier molecular flexibility index (Phi) is 5.21. The summed E-state index contributed by atoms with van der Waals surface area (Å²) in [6.45, 7) is -0.149. The fraction of sp³-hybridized carbons (Fsp3) is 0.364. The Hall–Kier alpha value is -1.02. The molecular formula is C11H16N2O3S2. The van der Waals surface area contributed by atoms with E-state index < -0.39 is 10.0 Å². The number of likely N-dealkylation sites (N-methyl/N-ethyl adjacent to an activating group) is 1. The van der Waals surface area contributed by atoms with E-state index in [9.17, 15) is 8.42 Å². The van der Waals surface area contributed by atoms with Crippen LogP contribution in [0.3, 0.4) is 0 Å². The smallest absolute Gasteiger partial charge is 0.218 e. The lowest BCUT2D eigenvalue weighted by Crippen LogP contribution is -2.31.